The van der Waals surface area contributed by atoms with E-state index in [1.165, 1.54) is 4.80 Å². The smallest absolute Gasteiger partial charge is 0.270 e. The Morgan fingerprint density at radius 2 is 1.50 bits per heavy atom. The van der Waals surface area contributed by atoms with Crippen LogP contribution in [0.1, 0.15) is 26.3 Å². The second kappa shape index (κ2) is 10.1. The summed E-state index contributed by atoms with van der Waals surface area (Å²) in [5.41, 5.74) is 7.58. The highest BCUT2D eigenvalue weighted by molar-refractivity contribution is 6.09. The molecule has 0 radical (unpaired) electrons. The molecule has 1 heterocycles. The van der Waals surface area contributed by atoms with Crippen LogP contribution in [0.4, 0.5) is 0 Å². The van der Waals surface area contributed by atoms with Gasteiger partial charge < -0.3 is 4.74 Å². The van der Waals surface area contributed by atoms with Crippen LogP contribution in [-0.4, -0.2) is 39.1 Å². The first-order valence-corrected chi connectivity index (χ1v) is 11.2. The molecule has 4 aromatic carbocycles. The van der Waals surface area contributed by atoms with Gasteiger partial charge in [-0.05, 0) is 40.4 Å². The first-order chi connectivity index (χ1) is 17.6. The van der Waals surface area contributed by atoms with E-state index >= 15 is 0 Å². The monoisotopic (exact) mass is 478 g/mol. The second-order valence-electron chi connectivity index (χ2n) is 7.98. The lowest BCUT2D eigenvalue weighted by Crippen LogP contribution is -2.41. The van der Waals surface area contributed by atoms with E-state index in [1.54, 1.807) is 43.5 Å². The van der Waals surface area contributed by atoms with Crippen molar-refractivity contribution >= 4 is 22.6 Å². The van der Waals surface area contributed by atoms with Gasteiger partial charge in [-0.2, -0.15) is 4.80 Å². The van der Waals surface area contributed by atoms with Gasteiger partial charge in [-0.1, -0.05) is 66.7 Å². The average molecular weight is 479 g/mol. The van der Waals surface area contributed by atoms with Crippen molar-refractivity contribution in [2.45, 2.75) is 6.54 Å². The van der Waals surface area contributed by atoms with Gasteiger partial charge in [0.2, 0.25) is 5.82 Å². The van der Waals surface area contributed by atoms with E-state index in [0.29, 0.717) is 29.2 Å². The minimum atomic E-state index is -0.432. The summed E-state index contributed by atoms with van der Waals surface area (Å²) in [6, 6.07) is 27.4. The van der Waals surface area contributed by atoms with Crippen molar-refractivity contribution in [3.05, 3.63) is 108 Å². The summed E-state index contributed by atoms with van der Waals surface area (Å²) in [4.78, 5) is 26.9. The molecule has 9 heteroatoms. The van der Waals surface area contributed by atoms with E-state index in [2.05, 4.69) is 26.3 Å². The number of ether oxygens (including phenoxy) is 1. The molecule has 0 saturated heterocycles. The van der Waals surface area contributed by atoms with Gasteiger partial charge in [0, 0.05) is 22.1 Å². The molecule has 0 saturated carbocycles. The minimum Gasteiger partial charge on any atom is -0.496 e. The summed E-state index contributed by atoms with van der Waals surface area (Å²) in [5.74, 6) is 0.360. The number of carbonyl (C=O) groups excluding carboxylic acids is 2. The average Bonchev–Trinajstić information content (AvgIpc) is 3.40. The van der Waals surface area contributed by atoms with E-state index in [4.69, 9.17) is 4.74 Å². The fourth-order valence-corrected chi connectivity index (χ4v) is 3.84. The van der Waals surface area contributed by atoms with Crippen molar-refractivity contribution in [3.8, 4) is 17.1 Å². The molecule has 0 unspecified atom stereocenters. The highest BCUT2D eigenvalue weighted by atomic mass is 16.5. The van der Waals surface area contributed by atoms with Crippen molar-refractivity contribution < 1.29 is 14.3 Å². The van der Waals surface area contributed by atoms with E-state index in [9.17, 15) is 9.59 Å². The predicted molar refractivity (Wildman–Crippen MR) is 134 cm³/mol. The SMILES string of the molecule is COc1ccc(C(=O)NNC(=O)c2ccc(Cn3nnc(-c4ccccc4)n3)cc2)c2ccccc12. The number of methoxy groups -OCH3 is 1. The second-order valence-corrected chi connectivity index (χ2v) is 7.98. The number of tetrazole rings is 1. The standard InChI is InChI=1S/C27H22N6O3/c1-36-24-16-15-23(21-9-5-6-10-22(21)24)27(35)30-29-26(34)20-13-11-18(12-14-20)17-33-31-25(28-32-33)19-7-3-2-4-8-19/h2-16H,17H2,1H3,(H,29,34)(H,30,35). The van der Waals surface area contributed by atoms with Crippen LogP contribution in [0.5, 0.6) is 5.75 Å². The molecule has 1 aromatic heterocycles. The Bertz CT molecular complexity index is 1530. The molecule has 0 fully saturated rings. The number of hydrogen-bond donors (Lipinski definition) is 2. The van der Waals surface area contributed by atoms with Gasteiger partial charge in [0.05, 0.1) is 13.7 Å². The van der Waals surface area contributed by atoms with Crippen LogP contribution in [0.3, 0.4) is 0 Å². The van der Waals surface area contributed by atoms with Crippen LogP contribution in [0.25, 0.3) is 22.2 Å². The fourth-order valence-electron chi connectivity index (χ4n) is 3.84. The van der Waals surface area contributed by atoms with Crippen molar-refractivity contribution in [1.82, 2.24) is 31.1 Å². The zero-order valence-corrected chi connectivity index (χ0v) is 19.4. The molecule has 5 rings (SSSR count). The molecule has 0 aliphatic rings. The van der Waals surface area contributed by atoms with Crippen molar-refractivity contribution in [1.29, 1.82) is 0 Å². The van der Waals surface area contributed by atoms with Crippen LogP contribution < -0.4 is 15.6 Å². The van der Waals surface area contributed by atoms with Crippen LogP contribution in [0.2, 0.25) is 0 Å². The summed E-state index contributed by atoms with van der Waals surface area (Å²) >= 11 is 0. The molecular weight excluding hydrogens is 456 g/mol. The molecule has 36 heavy (non-hydrogen) atoms. The molecule has 2 N–H and O–H groups in total. The van der Waals surface area contributed by atoms with E-state index in [-0.39, 0.29) is 0 Å². The van der Waals surface area contributed by atoms with Crippen LogP contribution in [0.15, 0.2) is 91.0 Å². The number of fused-ring (bicyclic) bond motifs is 1. The lowest BCUT2D eigenvalue weighted by atomic mass is 10.0. The van der Waals surface area contributed by atoms with Gasteiger partial charge in [0.25, 0.3) is 11.8 Å². The lowest BCUT2D eigenvalue weighted by Gasteiger charge is -2.12. The summed E-state index contributed by atoms with van der Waals surface area (Å²) in [6.45, 7) is 0.406. The summed E-state index contributed by atoms with van der Waals surface area (Å²) in [7, 11) is 1.58. The number of benzene rings is 4. The number of carbonyl (C=O) groups is 2. The maximum Gasteiger partial charge on any atom is 0.270 e. The number of hydrogen-bond acceptors (Lipinski definition) is 6. The summed E-state index contributed by atoms with van der Waals surface area (Å²) in [5, 5.41) is 14.1. The van der Waals surface area contributed by atoms with Crippen LogP contribution in [0, 0.1) is 0 Å². The summed E-state index contributed by atoms with van der Waals surface area (Å²) in [6.07, 6.45) is 0. The van der Waals surface area contributed by atoms with E-state index in [1.807, 2.05) is 54.6 Å². The molecule has 0 atom stereocenters. The highest BCUT2D eigenvalue weighted by Gasteiger charge is 2.14. The molecule has 0 bridgehead atoms. The predicted octanol–water partition coefficient (Wildman–Crippen LogP) is 3.63. The third-order valence-electron chi connectivity index (χ3n) is 5.66. The molecular formula is C27H22N6O3. The third kappa shape index (κ3) is 4.76. The van der Waals surface area contributed by atoms with Gasteiger partial charge in [0.1, 0.15) is 5.75 Å². The first-order valence-electron chi connectivity index (χ1n) is 11.2. The Morgan fingerprint density at radius 1 is 0.806 bits per heavy atom. The number of rotatable bonds is 6. The lowest BCUT2D eigenvalue weighted by molar-refractivity contribution is 0.0847. The quantitative estimate of drug-likeness (QED) is 0.361. The number of nitrogens with zero attached hydrogens (tertiary/aromatic N) is 4. The third-order valence-corrected chi connectivity index (χ3v) is 5.66. The normalized spacial score (nSPS) is 10.7. The Balaban J connectivity index is 1.21. The zero-order valence-electron chi connectivity index (χ0n) is 19.4. The molecule has 5 aromatic rings. The minimum absolute atomic E-state index is 0.398. The number of hydrazine groups is 1. The molecule has 0 spiro atoms. The number of aromatic nitrogens is 4. The van der Waals surface area contributed by atoms with Crippen molar-refractivity contribution in [3.63, 3.8) is 0 Å². The molecule has 2 amide bonds. The van der Waals surface area contributed by atoms with Gasteiger partial charge in [0.15, 0.2) is 0 Å². The van der Waals surface area contributed by atoms with Crippen molar-refractivity contribution in [2.75, 3.05) is 7.11 Å². The largest absolute Gasteiger partial charge is 0.496 e. The van der Waals surface area contributed by atoms with Crippen LogP contribution >= 0.6 is 0 Å². The highest BCUT2D eigenvalue weighted by Crippen LogP contribution is 2.28. The molecule has 0 aliphatic heterocycles. The summed E-state index contributed by atoms with van der Waals surface area (Å²) < 4.78 is 5.37. The van der Waals surface area contributed by atoms with Gasteiger partial charge in [-0.15, -0.1) is 10.2 Å². The maximum absolute atomic E-state index is 12.8. The van der Waals surface area contributed by atoms with Gasteiger partial charge in [-0.3, -0.25) is 20.4 Å². The molecule has 0 aliphatic carbocycles. The Morgan fingerprint density at radius 3 is 2.25 bits per heavy atom. The van der Waals surface area contributed by atoms with Crippen LogP contribution in [-0.2, 0) is 6.54 Å². The van der Waals surface area contributed by atoms with Crippen molar-refractivity contribution in [2.24, 2.45) is 0 Å². The number of amides is 2. The first kappa shape index (κ1) is 22.7. The van der Waals surface area contributed by atoms with Gasteiger partial charge >= 0.3 is 0 Å². The molecule has 9 nitrogen and oxygen atoms in total. The Labute approximate surface area is 206 Å². The topological polar surface area (TPSA) is 111 Å². The Kier molecular flexibility index (Phi) is 6.35. The zero-order chi connectivity index (χ0) is 24.9. The Hall–Kier alpha value is -5.05. The fraction of sp³-hybridized carbons (Fsp3) is 0.0741. The number of nitrogens with one attached hydrogen (secondary N) is 2. The molecule has 178 valence electrons. The van der Waals surface area contributed by atoms with Gasteiger partial charge in [-0.25, -0.2) is 0 Å². The van der Waals surface area contributed by atoms with E-state index in [0.717, 1.165) is 21.9 Å². The maximum atomic E-state index is 12.8. The van der Waals surface area contributed by atoms with E-state index < -0.39 is 11.8 Å².